The minimum Gasteiger partial charge on any atom is -0.481 e. The fourth-order valence-corrected chi connectivity index (χ4v) is 2.24. The summed E-state index contributed by atoms with van der Waals surface area (Å²) in [6, 6.07) is 9.47. The van der Waals surface area contributed by atoms with Crippen molar-refractivity contribution in [1.29, 1.82) is 0 Å². The number of hydrogen-bond donors (Lipinski definition) is 1. The maximum Gasteiger partial charge on any atom is 0.310 e. The standard InChI is InChI=1S/C13H16O3S/c1-10(14)17-9-13(2,12(15)16)8-11-6-4-3-5-7-11/h3-7H,8-9H2,1-2H3,(H,15,16). The van der Waals surface area contributed by atoms with Gasteiger partial charge in [0.05, 0.1) is 5.41 Å². The van der Waals surface area contributed by atoms with E-state index >= 15 is 0 Å². The molecule has 0 saturated carbocycles. The highest BCUT2D eigenvalue weighted by Crippen LogP contribution is 2.28. The maximum atomic E-state index is 11.3. The number of benzene rings is 1. The monoisotopic (exact) mass is 252 g/mol. The lowest BCUT2D eigenvalue weighted by molar-refractivity contribution is -0.146. The number of carbonyl (C=O) groups excluding carboxylic acids is 1. The molecule has 0 radical (unpaired) electrons. The third-order valence-corrected chi connectivity index (χ3v) is 3.74. The van der Waals surface area contributed by atoms with E-state index in [1.807, 2.05) is 30.3 Å². The number of aliphatic carboxylic acids is 1. The van der Waals surface area contributed by atoms with Crippen LogP contribution in [0.4, 0.5) is 0 Å². The summed E-state index contributed by atoms with van der Waals surface area (Å²) in [7, 11) is 0. The highest BCUT2D eigenvalue weighted by Gasteiger charge is 2.33. The number of carboxylic acids is 1. The van der Waals surface area contributed by atoms with E-state index in [0.717, 1.165) is 17.3 Å². The number of carboxylic acid groups (broad SMARTS) is 1. The van der Waals surface area contributed by atoms with E-state index in [0.29, 0.717) is 12.2 Å². The lowest BCUT2D eigenvalue weighted by atomic mass is 9.86. The second kappa shape index (κ2) is 5.87. The fourth-order valence-electron chi connectivity index (χ4n) is 1.50. The molecule has 3 nitrogen and oxygen atoms in total. The second-order valence-electron chi connectivity index (χ2n) is 4.31. The normalized spacial score (nSPS) is 14.0. The lowest BCUT2D eigenvalue weighted by Crippen LogP contribution is -2.33. The molecule has 0 aliphatic rings. The van der Waals surface area contributed by atoms with Gasteiger partial charge in [0.1, 0.15) is 0 Å². The number of thioether (sulfide) groups is 1. The summed E-state index contributed by atoms with van der Waals surface area (Å²) in [6.45, 7) is 3.13. The zero-order chi connectivity index (χ0) is 12.9. The summed E-state index contributed by atoms with van der Waals surface area (Å²) in [5.41, 5.74) is 0.0686. The molecular formula is C13H16O3S. The molecule has 1 rings (SSSR count). The van der Waals surface area contributed by atoms with E-state index in [9.17, 15) is 14.7 Å². The molecule has 1 aromatic rings. The Kier molecular flexibility index (Phi) is 4.75. The molecule has 1 N–H and O–H groups in total. The number of rotatable bonds is 5. The van der Waals surface area contributed by atoms with Crippen molar-refractivity contribution in [3.05, 3.63) is 35.9 Å². The van der Waals surface area contributed by atoms with Gasteiger partial charge in [-0.1, -0.05) is 42.1 Å². The largest absolute Gasteiger partial charge is 0.481 e. The fraction of sp³-hybridized carbons (Fsp3) is 0.385. The van der Waals surface area contributed by atoms with Gasteiger partial charge in [0, 0.05) is 12.7 Å². The van der Waals surface area contributed by atoms with Gasteiger partial charge < -0.3 is 5.11 Å². The van der Waals surface area contributed by atoms with E-state index in [-0.39, 0.29) is 5.12 Å². The average Bonchev–Trinajstić information content (AvgIpc) is 2.27. The van der Waals surface area contributed by atoms with E-state index in [2.05, 4.69) is 0 Å². The van der Waals surface area contributed by atoms with Crippen LogP contribution in [0.15, 0.2) is 30.3 Å². The third-order valence-electron chi connectivity index (χ3n) is 2.55. The summed E-state index contributed by atoms with van der Waals surface area (Å²) < 4.78 is 0. The first-order chi connectivity index (χ1) is 7.94. The van der Waals surface area contributed by atoms with Gasteiger partial charge in [-0.15, -0.1) is 0 Å². The molecule has 0 spiro atoms. The van der Waals surface area contributed by atoms with E-state index < -0.39 is 11.4 Å². The first-order valence-electron chi connectivity index (χ1n) is 5.35. The molecule has 1 atom stereocenters. The van der Waals surface area contributed by atoms with Crippen molar-refractivity contribution >= 4 is 22.8 Å². The summed E-state index contributed by atoms with van der Waals surface area (Å²) in [5.74, 6) is -0.567. The molecule has 4 heteroatoms. The van der Waals surface area contributed by atoms with Crippen molar-refractivity contribution in [2.45, 2.75) is 20.3 Å². The topological polar surface area (TPSA) is 54.4 Å². The van der Waals surface area contributed by atoms with E-state index in [4.69, 9.17) is 0 Å². The molecule has 0 amide bonds. The maximum absolute atomic E-state index is 11.3. The smallest absolute Gasteiger partial charge is 0.310 e. The van der Waals surface area contributed by atoms with Crippen molar-refractivity contribution in [3.8, 4) is 0 Å². The van der Waals surface area contributed by atoms with Crippen LogP contribution in [0, 0.1) is 5.41 Å². The molecule has 0 bridgehead atoms. The Morgan fingerprint density at radius 3 is 2.35 bits per heavy atom. The SMILES string of the molecule is CC(=O)SCC(C)(Cc1ccccc1)C(=O)O. The van der Waals surface area contributed by atoms with Crippen molar-refractivity contribution in [2.24, 2.45) is 5.41 Å². The first-order valence-corrected chi connectivity index (χ1v) is 6.33. The van der Waals surface area contributed by atoms with Crippen LogP contribution < -0.4 is 0 Å². The predicted octanol–water partition coefficient (Wildman–Crippen LogP) is 2.60. The van der Waals surface area contributed by atoms with Gasteiger partial charge in [0.15, 0.2) is 5.12 Å². The average molecular weight is 252 g/mol. The summed E-state index contributed by atoms with van der Waals surface area (Å²) in [4.78, 5) is 22.2. The number of hydrogen-bond acceptors (Lipinski definition) is 3. The Hall–Kier alpha value is -1.29. The molecule has 0 aliphatic heterocycles. The van der Waals surface area contributed by atoms with E-state index in [1.165, 1.54) is 6.92 Å². The van der Waals surface area contributed by atoms with Gasteiger partial charge >= 0.3 is 5.97 Å². The van der Waals surface area contributed by atoms with Gasteiger partial charge in [-0.3, -0.25) is 9.59 Å². The Morgan fingerprint density at radius 1 is 1.29 bits per heavy atom. The summed E-state index contributed by atoms with van der Waals surface area (Å²) in [6.07, 6.45) is 0.434. The molecule has 0 aliphatic carbocycles. The van der Waals surface area contributed by atoms with Crippen LogP contribution in [0.3, 0.4) is 0 Å². The van der Waals surface area contributed by atoms with Gasteiger partial charge in [-0.2, -0.15) is 0 Å². The van der Waals surface area contributed by atoms with Gasteiger partial charge in [-0.25, -0.2) is 0 Å². The Labute approximate surface area is 105 Å². The van der Waals surface area contributed by atoms with Crippen LogP contribution in [0.5, 0.6) is 0 Å². The quantitative estimate of drug-likeness (QED) is 0.875. The van der Waals surface area contributed by atoms with E-state index in [1.54, 1.807) is 6.92 Å². The molecule has 0 saturated heterocycles. The van der Waals surface area contributed by atoms with Gasteiger partial charge in [0.25, 0.3) is 0 Å². The zero-order valence-corrected chi connectivity index (χ0v) is 10.8. The second-order valence-corrected chi connectivity index (χ2v) is 5.46. The molecule has 92 valence electrons. The van der Waals surface area contributed by atoms with Crippen LogP contribution in [-0.2, 0) is 16.0 Å². The molecule has 0 fully saturated rings. The van der Waals surface area contributed by atoms with Crippen LogP contribution >= 0.6 is 11.8 Å². The molecule has 1 aromatic carbocycles. The van der Waals surface area contributed by atoms with Gasteiger partial charge in [-0.05, 0) is 18.9 Å². The Morgan fingerprint density at radius 2 is 1.88 bits per heavy atom. The molecule has 17 heavy (non-hydrogen) atoms. The molecular weight excluding hydrogens is 236 g/mol. The molecule has 1 unspecified atom stereocenters. The molecule has 0 heterocycles. The first kappa shape index (κ1) is 13.8. The third kappa shape index (κ3) is 4.23. The highest BCUT2D eigenvalue weighted by atomic mass is 32.2. The van der Waals surface area contributed by atoms with Crippen LogP contribution in [0.25, 0.3) is 0 Å². The predicted molar refractivity (Wildman–Crippen MR) is 69.0 cm³/mol. The van der Waals surface area contributed by atoms with Gasteiger partial charge in [0.2, 0.25) is 0 Å². The van der Waals surface area contributed by atoms with Crippen molar-refractivity contribution in [1.82, 2.24) is 0 Å². The highest BCUT2D eigenvalue weighted by molar-refractivity contribution is 8.13. The van der Waals surface area contributed by atoms with Crippen molar-refractivity contribution in [2.75, 3.05) is 5.75 Å². The van der Waals surface area contributed by atoms with Crippen LogP contribution in [0.1, 0.15) is 19.4 Å². The minimum absolute atomic E-state index is 0.0504. The number of carbonyl (C=O) groups is 2. The van der Waals surface area contributed by atoms with Crippen molar-refractivity contribution in [3.63, 3.8) is 0 Å². The lowest BCUT2D eigenvalue weighted by Gasteiger charge is -2.23. The summed E-state index contributed by atoms with van der Waals surface area (Å²) >= 11 is 1.07. The minimum atomic E-state index is -0.905. The zero-order valence-electron chi connectivity index (χ0n) is 9.97. The molecule has 0 aromatic heterocycles. The van der Waals surface area contributed by atoms with Crippen molar-refractivity contribution < 1.29 is 14.7 Å². The summed E-state index contributed by atoms with van der Waals surface area (Å²) in [5, 5.41) is 9.23. The van der Waals surface area contributed by atoms with Crippen LogP contribution in [-0.4, -0.2) is 21.9 Å². The Balaban J connectivity index is 2.78. The Bertz CT molecular complexity index is 402. The van der Waals surface area contributed by atoms with Crippen LogP contribution in [0.2, 0.25) is 0 Å².